The van der Waals surface area contributed by atoms with E-state index < -0.39 is 29.2 Å². The number of urea groups is 1. The summed E-state index contributed by atoms with van der Waals surface area (Å²) in [6.07, 6.45) is 0.602. The lowest BCUT2D eigenvalue weighted by Gasteiger charge is -2.31. The molecule has 0 aromatic rings. The first kappa shape index (κ1) is 16.3. The van der Waals surface area contributed by atoms with Crippen molar-refractivity contribution in [3.63, 3.8) is 0 Å². The van der Waals surface area contributed by atoms with Crippen molar-refractivity contribution in [2.45, 2.75) is 27.2 Å². The molecule has 1 heterocycles. The molecule has 3 N–H and O–H groups in total. The predicted octanol–water partition coefficient (Wildman–Crippen LogP) is 0.346. The first-order valence-electron chi connectivity index (χ1n) is 6.70. The third kappa shape index (κ3) is 3.85. The maximum atomic E-state index is 12.4. The van der Waals surface area contributed by atoms with Crippen LogP contribution in [0.3, 0.4) is 0 Å². The highest BCUT2D eigenvalue weighted by atomic mass is 16.4. The largest absolute Gasteiger partial charge is 0.481 e. The van der Waals surface area contributed by atoms with Gasteiger partial charge in [-0.3, -0.25) is 9.59 Å². The molecule has 20 heavy (non-hydrogen) atoms. The number of carboxylic acids is 1. The van der Waals surface area contributed by atoms with Crippen molar-refractivity contribution in [1.29, 1.82) is 0 Å². The van der Waals surface area contributed by atoms with Gasteiger partial charge in [0.05, 0.1) is 0 Å². The second-order valence-electron chi connectivity index (χ2n) is 6.14. The van der Waals surface area contributed by atoms with E-state index >= 15 is 0 Å². The van der Waals surface area contributed by atoms with Crippen LogP contribution < -0.4 is 5.73 Å². The number of carbonyl (C=O) groups is 3. The zero-order valence-corrected chi connectivity index (χ0v) is 12.3. The lowest BCUT2D eigenvalue weighted by atomic mass is 9.80. The van der Waals surface area contributed by atoms with Gasteiger partial charge in [-0.15, -0.1) is 0 Å². The normalized spacial score (nSPS) is 18.4. The van der Waals surface area contributed by atoms with Crippen LogP contribution in [0.1, 0.15) is 27.2 Å². The summed E-state index contributed by atoms with van der Waals surface area (Å²) in [7, 11) is 0. The van der Waals surface area contributed by atoms with Crippen molar-refractivity contribution in [2.75, 3.05) is 26.2 Å². The minimum absolute atomic E-state index is 0.321. The number of aliphatic carboxylic acids is 1. The Morgan fingerprint density at radius 3 is 2.00 bits per heavy atom. The Morgan fingerprint density at radius 1 is 1.05 bits per heavy atom. The molecular weight excluding hydrogens is 262 g/mol. The van der Waals surface area contributed by atoms with Crippen LogP contribution in [0.25, 0.3) is 0 Å². The fourth-order valence-electron chi connectivity index (χ4n) is 2.39. The number of hydrogen-bond acceptors (Lipinski definition) is 3. The Hall–Kier alpha value is -1.79. The van der Waals surface area contributed by atoms with Gasteiger partial charge in [0, 0.05) is 26.2 Å². The van der Waals surface area contributed by atoms with Crippen LogP contribution in [-0.2, 0) is 9.59 Å². The van der Waals surface area contributed by atoms with E-state index in [2.05, 4.69) is 0 Å². The van der Waals surface area contributed by atoms with Crippen LogP contribution in [-0.4, -0.2) is 59.0 Å². The molecule has 0 aromatic carbocycles. The summed E-state index contributed by atoms with van der Waals surface area (Å²) >= 11 is 0. The highest BCUT2D eigenvalue weighted by molar-refractivity contribution is 5.97. The number of nitrogens with two attached hydrogens (primary N) is 1. The van der Waals surface area contributed by atoms with E-state index in [1.807, 2.05) is 0 Å². The summed E-state index contributed by atoms with van der Waals surface area (Å²) in [5, 5.41) is 9.29. The number of nitrogens with zero attached hydrogens (tertiary/aromatic N) is 2. The molecule has 0 radical (unpaired) electrons. The highest BCUT2D eigenvalue weighted by Gasteiger charge is 2.40. The minimum Gasteiger partial charge on any atom is -0.481 e. The highest BCUT2D eigenvalue weighted by Crippen LogP contribution is 2.28. The maximum Gasteiger partial charge on any atom is 0.316 e. The van der Waals surface area contributed by atoms with Crippen LogP contribution in [0.5, 0.6) is 0 Å². The molecule has 1 rings (SSSR count). The average Bonchev–Trinajstić information content (AvgIpc) is 2.51. The van der Waals surface area contributed by atoms with E-state index in [4.69, 9.17) is 5.73 Å². The van der Waals surface area contributed by atoms with Crippen molar-refractivity contribution in [3.05, 3.63) is 0 Å². The van der Waals surface area contributed by atoms with Crippen LogP contribution in [0.4, 0.5) is 4.79 Å². The first-order chi connectivity index (χ1) is 9.14. The van der Waals surface area contributed by atoms with E-state index in [1.165, 1.54) is 9.80 Å². The Balaban J connectivity index is 2.81. The van der Waals surface area contributed by atoms with Crippen molar-refractivity contribution in [1.82, 2.24) is 9.80 Å². The first-order valence-corrected chi connectivity index (χ1v) is 6.70. The third-order valence-corrected chi connectivity index (χ3v) is 3.48. The molecule has 7 nitrogen and oxygen atoms in total. The third-order valence-electron chi connectivity index (χ3n) is 3.48. The summed E-state index contributed by atoms with van der Waals surface area (Å²) in [4.78, 5) is 37.9. The van der Waals surface area contributed by atoms with E-state index in [0.29, 0.717) is 32.6 Å². The second kappa shape index (κ2) is 6.11. The van der Waals surface area contributed by atoms with E-state index in [-0.39, 0.29) is 0 Å². The van der Waals surface area contributed by atoms with E-state index in [0.717, 1.165) is 0 Å². The number of hydrogen-bond donors (Lipinski definition) is 2. The SMILES string of the molecule is CC(C)(C)C(C(=O)O)C(=O)N1CCCN(C(N)=O)CC1. The summed E-state index contributed by atoms with van der Waals surface area (Å²) < 4.78 is 0. The summed E-state index contributed by atoms with van der Waals surface area (Å²) in [6, 6.07) is -0.509. The van der Waals surface area contributed by atoms with Gasteiger partial charge in [-0.25, -0.2) is 4.79 Å². The quantitative estimate of drug-likeness (QED) is 0.714. The average molecular weight is 285 g/mol. The smallest absolute Gasteiger partial charge is 0.316 e. The fourth-order valence-corrected chi connectivity index (χ4v) is 2.39. The molecule has 0 aromatic heterocycles. The van der Waals surface area contributed by atoms with Crippen molar-refractivity contribution in [3.8, 4) is 0 Å². The van der Waals surface area contributed by atoms with Gasteiger partial charge in [-0.05, 0) is 11.8 Å². The van der Waals surface area contributed by atoms with Crippen LogP contribution in [0, 0.1) is 11.3 Å². The molecule has 0 spiro atoms. The van der Waals surface area contributed by atoms with Gasteiger partial charge in [0.1, 0.15) is 5.92 Å². The van der Waals surface area contributed by atoms with E-state index in [1.54, 1.807) is 20.8 Å². The van der Waals surface area contributed by atoms with Gasteiger partial charge in [0.2, 0.25) is 5.91 Å². The van der Waals surface area contributed by atoms with Crippen LogP contribution in [0.15, 0.2) is 0 Å². The van der Waals surface area contributed by atoms with Crippen molar-refractivity contribution < 1.29 is 19.5 Å². The molecule has 1 saturated heterocycles. The topological polar surface area (TPSA) is 104 Å². The molecule has 0 saturated carbocycles. The number of primary amides is 1. The molecule has 1 fully saturated rings. The summed E-state index contributed by atoms with van der Waals surface area (Å²) in [6.45, 7) is 6.81. The summed E-state index contributed by atoms with van der Waals surface area (Å²) in [5.74, 6) is -2.59. The van der Waals surface area contributed by atoms with Gasteiger partial charge in [0.25, 0.3) is 0 Å². The number of amides is 3. The van der Waals surface area contributed by atoms with Gasteiger partial charge in [-0.2, -0.15) is 0 Å². The Labute approximate surface area is 118 Å². The number of carbonyl (C=O) groups excluding carboxylic acids is 2. The molecular formula is C13H23N3O4. The van der Waals surface area contributed by atoms with Gasteiger partial charge < -0.3 is 20.6 Å². The van der Waals surface area contributed by atoms with Crippen molar-refractivity contribution >= 4 is 17.9 Å². The second-order valence-corrected chi connectivity index (χ2v) is 6.14. The zero-order chi connectivity index (χ0) is 15.5. The Bertz CT molecular complexity index is 403. The molecule has 7 heteroatoms. The Kier molecular flexibility index (Phi) is 4.97. The van der Waals surface area contributed by atoms with Crippen LogP contribution >= 0.6 is 0 Å². The maximum absolute atomic E-state index is 12.4. The van der Waals surface area contributed by atoms with Gasteiger partial charge >= 0.3 is 12.0 Å². The van der Waals surface area contributed by atoms with Crippen molar-refractivity contribution in [2.24, 2.45) is 17.1 Å². The Morgan fingerprint density at radius 2 is 1.55 bits per heavy atom. The monoisotopic (exact) mass is 285 g/mol. The molecule has 1 aliphatic rings. The molecule has 1 unspecified atom stereocenters. The fraction of sp³-hybridized carbons (Fsp3) is 0.769. The summed E-state index contributed by atoms with van der Waals surface area (Å²) in [5.41, 5.74) is 4.57. The molecule has 1 aliphatic heterocycles. The predicted molar refractivity (Wildman–Crippen MR) is 72.9 cm³/mol. The minimum atomic E-state index is -1.11. The lowest BCUT2D eigenvalue weighted by Crippen LogP contribution is -2.46. The standard InChI is InChI=1S/C13H23N3O4/c1-13(2,3)9(11(18)19)10(17)15-5-4-6-16(8-7-15)12(14)20/h9H,4-8H2,1-3H3,(H2,14,20)(H,18,19). The molecule has 1 atom stereocenters. The van der Waals surface area contributed by atoms with E-state index in [9.17, 15) is 19.5 Å². The molecule has 0 bridgehead atoms. The van der Waals surface area contributed by atoms with Gasteiger partial charge in [0.15, 0.2) is 0 Å². The van der Waals surface area contributed by atoms with Crippen LogP contribution in [0.2, 0.25) is 0 Å². The molecule has 114 valence electrons. The number of carboxylic acid groups (broad SMARTS) is 1. The molecule has 3 amide bonds. The van der Waals surface area contributed by atoms with Gasteiger partial charge in [-0.1, -0.05) is 20.8 Å². The lowest BCUT2D eigenvalue weighted by molar-refractivity contribution is -0.156. The number of rotatable bonds is 2. The zero-order valence-electron chi connectivity index (χ0n) is 12.3. The molecule has 0 aliphatic carbocycles.